The fourth-order valence-electron chi connectivity index (χ4n) is 2.93. The molecule has 0 bridgehead atoms. The van der Waals surface area contributed by atoms with E-state index in [-0.39, 0.29) is 26.4 Å². The van der Waals surface area contributed by atoms with Gasteiger partial charge in [-0.1, -0.05) is 18.2 Å². The van der Waals surface area contributed by atoms with Crippen LogP contribution < -0.4 is 9.47 Å². The van der Waals surface area contributed by atoms with E-state index < -0.39 is 47.2 Å². The van der Waals surface area contributed by atoms with Gasteiger partial charge in [0.25, 0.3) is 0 Å². The Balaban J connectivity index is 1.31. The minimum Gasteiger partial charge on any atom is -0.491 e. The summed E-state index contributed by atoms with van der Waals surface area (Å²) in [5.41, 5.74) is 0. The van der Waals surface area contributed by atoms with Gasteiger partial charge >= 0.3 is 5.97 Å². The van der Waals surface area contributed by atoms with Crippen molar-refractivity contribution >= 4 is 5.97 Å². The molecule has 0 N–H and O–H groups in total. The first-order valence-electron chi connectivity index (χ1n) is 12.8. The zero-order valence-corrected chi connectivity index (χ0v) is 22.4. The quantitative estimate of drug-likeness (QED) is 0.0474. The van der Waals surface area contributed by atoms with Gasteiger partial charge in [-0.3, -0.25) is 4.79 Å². The molecule has 0 unspecified atom stereocenters. The van der Waals surface area contributed by atoms with Gasteiger partial charge in [0.15, 0.2) is 0 Å². The zero-order chi connectivity index (χ0) is 29.7. The third-order valence-electron chi connectivity index (χ3n) is 4.94. The van der Waals surface area contributed by atoms with Gasteiger partial charge in [-0.2, -0.15) is 8.78 Å². The molecule has 2 rings (SSSR count). The van der Waals surface area contributed by atoms with Crippen LogP contribution >= 0.6 is 0 Å². The Morgan fingerprint density at radius 1 is 0.488 bits per heavy atom. The fraction of sp³-hybridized carbons (Fsp3) is 0.519. The Morgan fingerprint density at radius 2 is 0.854 bits per heavy atom. The molecular weight excluding hydrogens is 563 g/mol. The summed E-state index contributed by atoms with van der Waals surface area (Å²) < 4.78 is 108. The summed E-state index contributed by atoms with van der Waals surface area (Å²) >= 11 is 0. The molecule has 0 radical (unpaired) electrons. The summed E-state index contributed by atoms with van der Waals surface area (Å²) in [7, 11) is 0. The average molecular weight is 597 g/mol. The fourth-order valence-corrected chi connectivity index (χ4v) is 2.93. The van der Waals surface area contributed by atoms with Gasteiger partial charge in [-0.15, -0.1) is 0 Å². The minimum atomic E-state index is -2.34. The molecule has 2 aromatic carbocycles. The molecule has 0 spiro atoms. The van der Waals surface area contributed by atoms with E-state index in [1.807, 2.05) is 30.3 Å². The van der Waals surface area contributed by atoms with Crippen LogP contribution in [-0.2, 0) is 33.2 Å². The molecule has 0 aromatic heterocycles. The van der Waals surface area contributed by atoms with Gasteiger partial charge < -0.3 is 37.9 Å². The number of esters is 1. The van der Waals surface area contributed by atoms with Crippen LogP contribution in [0.4, 0.5) is 22.0 Å². The smallest absolute Gasteiger partial charge is 0.313 e. The number of rotatable bonds is 23. The third-order valence-corrected chi connectivity index (χ3v) is 4.94. The molecule has 0 aliphatic rings. The highest BCUT2D eigenvalue weighted by Gasteiger charge is 2.28. The van der Waals surface area contributed by atoms with Crippen LogP contribution in [0.3, 0.4) is 0 Å². The van der Waals surface area contributed by atoms with Crippen molar-refractivity contribution in [3.05, 3.63) is 59.4 Å². The van der Waals surface area contributed by atoms with Crippen LogP contribution in [0.25, 0.3) is 0 Å². The Labute approximate surface area is 234 Å². The van der Waals surface area contributed by atoms with Crippen LogP contribution in [-0.4, -0.2) is 91.9 Å². The Morgan fingerprint density at radius 3 is 1.29 bits per heavy atom. The maximum atomic E-state index is 13.5. The maximum Gasteiger partial charge on any atom is 0.313 e. The molecule has 0 atom stereocenters. The SMILES string of the molecule is O=C(CCOCCOCCOCCOCCOCCOCCOc1ccccc1)Oc1c(F)c(F)c(F)c(F)c1F. The topological polar surface area (TPSA) is 90.9 Å². The molecule has 0 amide bonds. The number of para-hydroxylation sites is 1. The monoisotopic (exact) mass is 596 g/mol. The highest BCUT2D eigenvalue weighted by Crippen LogP contribution is 2.29. The summed E-state index contributed by atoms with van der Waals surface area (Å²) in [6, 6.07) is 9.49. The third kappa shape index (κ3) is 14.0. The standard InChI is InChI=1S/C27H33F5O9/c28-22-23(29)25(31)27(26(32)24(22)30)41-21(33)6-7-34-8-9-35-10-11-36-12-13-37-14-15-38-16-17-39-18-19-40-20-4-2-1-3-5-20/h1-5H,6-19H2. The van der Waals surface area contributed by atoms with Crippen LogP contribution in [0.15, 0.2) is 30.3 Å². The first-order valence-corrected chi connectivity index (χ1v) is 12.8. The second kappa shape index (κ2) is 20.9. The van der Waals surface area contributed by atoms with Crippen molar-refractivity contribution in [3.63, 3.8) is 0 Å². The molecule has 230 valence electrons. The van der Waals surface area contributed by atoms with E-state index in [1.54, 1.807) is 0 Å². The number of hydrogen-bond donors (Lipinski definition) is 0. The summed E-state index contributed by atoms with van der Waals surface area (Å²) in [5.74, 6) is -13.3. The van der Waals surface area contributed by atoms with Gasteiger partial charge in [0, 0.05) is 0 Å². The Kier molecular flexibility index (Phi) is 17.5. The lowest BCUT2D eigenvalue weighted by Gasteiger charge is -2.09. The Hall–Kier alpha value is -2.88. The van der Waals surface area contributed by atoms with E-state index in [0.717, 1.165) is 5.75 Å². The summed E-state index contributed by atoms with van der Waals surface area (Å²) in [4.78, 5) is 11.6. The van der Waals surface area contributed by atoms with Gasteiger partial charge in [0.05, 0.1) is 85.7 Å². The molecule has 2 aromatic rings. The molecular formula is C27H33F5O9. The maximum absolute atomic E-state index is 13.5. The van der Waals surface area contributed by atoms with Crippen molar-refractivity contribution in [1.29, 1.82) is 0 Å². The number of carbonyl (C=O) groups is 1. The number of hydrogen-bond acceptors (Lipinski definition) is 9. The molecule has 41 heavy (non-hydrogen) atoms. The molecule has 0 saturated carbocycles. The normalized spacial score (nSPS) is 11.1. The van der Waals surface area contributed by atoms with Gasteiger partial charge in [-0.05, 0) is 12.1 Å². The molecule has 0 fully saturated rings. The second-order valence-corrected chi connectivity index (χ2v) is 7.96. The first kappa shape index (κ1) is 34.3. The predicted octanol–water partition coefficient (Wildman–Crippen LogP) is 3.86. The van der Waals surface area contributed by atoms with Crippen molar-refractivity contribution in [2.75, 3.05) is 85.9 Å². The van der Waals surface area contributed by atoms with E-state index in [1.165, 1.54) is 0 Å². The average Bonchev–Trinajstić information content (AvgIpc) is 2.98. The summed E-state index contributed by atoms with van der Waals surface area (Å²) in [6.45, 7) is 4.12. The molecule has 9 nitrogen and oxygen atoms in total. The first-order chi connectivity index (χ1) is 19.9. The van der Waals surface area contributed by atoms with Gasteiger partial charge in [0.2, 0.25) is 34.8 Å². The number of carbonyl (C=O) groups excluding carboxylic acids is 1. The lowest BCUT2D eigenvalue weighted by molar-refractivity contribution is -0.136. The number of ether oxygens (including phenoxy) is 8. The predicted molar refractivity (Wildman–Crippen MR) is 133 cm³/mol. The highest BCUT2D eigenvalue weighted by atomic mass is 19.2. The number of halogens is 5. The molecule has 0 saturated heterocycles. The van der Waals surface area contributed by atoms with Crippen molar-refractivity contribution in [2.24, 2.45) is 0 Å². The van der Waals surface area contributed by atoms with E-state index in [4.69, 9.17) is 33.2 Å². The van der Waals surface area contributed by atoms with Crippen molar-refractivity contribution in [3.8, 4) is 11.5 Å². The summed E-state index contributed by atoms with van der Waals surface area (Å²) in [5, 5.41) is 0. The minimum absolute atomic E-state index is 0.0887. The van der Waals surface area contributed by atoms with Gasteiger partial charge in [0.1, 0.15) is 12.4 Å². The second-order valence-electron chi connectivity index (χ2n) is 7.96. The van der Waals surface area contributed by atoms with E-state index >= 15 is 0 Å². The summed E-state index contributed by atoms with van der Waals surface area (Å²) in [6.07, 6.45) is -0.480. The van der Waals surface area contributed by atoms with E-state index in [0.29, 0.717) is 59.5 Å². The van der Waals surface area contributed by atoms with E-state index in [9.17, 15) is 26.7 Å². The highest BCUT2D eigenvalue weighted by molar-refractivity contribution is 5.72. The molecule has 0 aliphatic carbocycles. The lowest BCUT2D eigenvalue weighted by atomic mass is 10.2. The van der Waals surface area contributed by atoms with Gasteiger partial charge in [-0.25, -0.2) is 13.2 Å². The Bertz CT molecular complexity index is 985. The number of benzene rings is 2. The van der Waals surface area contributed by atoms with Crippen LogP contribution in [0.1, 0.15) is 6.42 Å². The van der Waals surface area contributed by atoms with Crippen LogP contribution in [0.5, 0.6) is 11.5 Å². The van der Waals surface area contributed by atoms with E-state index in [2.05, 4.69) is 4.74 Å². The van der Waals surface area contributed by atoms with Crippen LogP contribution in [0, 0.1) is 29.1 Å². The van der Waals surface area contributed by atoms with Crippen LogP contribution in [0.2, 0.25) is 0 Å². The van der Waals surface area contributed by atoms with Crippen molar-refractivity contribution < 1.29 is 64.6 Å². The molecule has 14 heteroatoms. The zero-order valence-electron chi connectivity index (χ0n) is 22.4. The molecule has 0 heterocycles. The molecule has 0 aliphatic heterocycles. The van der Waals surface area contributed by atoms with Crippen molar-refractivity contribution in [1.82, 2.24) is 0 Å². The largest absolute Gasteiger partial charge is 0.491 e. The lowest BCUT2D eigenvalue weighted by Crippen LogP contribution is -2.16. The van der Waals surface area contributed by atoms with Crippen molar-refractivity contribution in [2.45, 2.75) is 6.42 Å².